The zero-order valence-electron chi connectivity index (χ0n) is 16.5. The SMILES string of the molecule is COC(=O)C[C@H](NC(=O)OC(C)(C)C)c1cccc(-c2c(F)cc(F)cc2Cl)c1. The molecule has 0 bridgehead atoms. The second-order valence-electron chi connectivity index (χ2n) is 7.35. The highest BCUT2D eigenvalue weighted by molar-refractivity contribution is 6.33. The number of hydrogen-bond donors (Lipinski definition) is 1. The maximum Gasteiger partial charge on any atom is 0.408 e. The van der Waals surface area contributed by atoms with Gasteiger partial charge in [-0.2, -0.15) is 0 Å². The van der Waals surface area contributed by atoms with Gasteiger partial charge in [-0.15, -0.1) is 0 Å². The van der Waals surface area contributed by atoms with Gasteiger partial charge in [0.25, 0.3) is 0 Å². The van der Waals surface area contributed by atoms with Crippen LogP contribution in [-0.4, -0.2) is 24.8 Å². The summed E-state index contributed by atoms with van der Waals surface area (Å²) in [5.74, 6) is -2.17. The quantitative estimate of drug-likeness (QED) is 0.650. The summed E-state index contributed by atoms with van der Waals surface area (Å²) in [6.07, 6.45) is -0.887. The van der Waals surface area contributed by atoms with Crippen LogP contribution in [0.2, 0.25) is 5.02 Å². The first kappa shape index (κ1) is 22.6. The smallest absolute Gasteiger partial charge is 0.408 e. The van der Waals surface area contributed by atoms with Gasteiger partial charge in [0.05, 0.1) is 24.6 Å². The van der Waals surface area contributed by atoms with E-state index in [0.717, 1.165) is 12.1 Å². The van der Waals surface area contributed by atoms with Crippen molar-refractivity contribution in [2.24, 2.45) is 0 Å². The molecule has 8 heteroatoms. The molecule has 0 unspecified atom stereocenters. The molecule has 0 saturated carbocycles. The standard InChI is InChI=1S/C21H22ClF2NO4/c1-21(2,3)29-20(27)25-17(11-18(26)28-4)12-6-5-7-13(8-12)19-15(22)9-14(23)10-16(19)24/h5-10,17H,11H2,1-4H3,(H,25,27)/t17-/m0/s1. The van der Waals surface area contributed by atoms with Crippen molar-refractivity contribution in [2.75, 3.05) is 7.11 Å². The van der Waals surface area contributed by atoms with Crippen LogP contribution in [0.3, 0.4) is 0 Å². The van der Waals surface area contributed by atoms with Crippen molar-refractivity contribution < 1.29 is 27.8 Å². The van der Waals surface area contributed by atoms with Crippen molar-refractivity contribution in [1.29, 1.82) is 0 Å². The summed E-state index contributed by atoms with van der Waals surface area (Å²) in [7, 11) is 1.23. The second-order valence-corrected chi connectivity index (χ2v) is 7.76. The molecule has 1 amide bonds. The number of esters is 1. The van der Waals surface area contributed by atoms with E-state index < -0.39 is 35.3 Å². The van der Waals surface area contributed by atoms with Gasteiger partial charge in [-0.25, -0.2) is 13.6 Å². The molecule has 2 aromatic carbocycles. The molecule has 0 spiro atoms. The number of rotatable bonds is 5. The van der Waals surface area contributed by atoms with E-state index in [4.69, 9.17) is 21.1 Å². The molecule has 2 aromatic rings. The highest BCUT2D eigenvalue weighted by Gasteiger charge is 2.24. The summed E-state index contributed by atoms with van der Waals surface area (Å²) in [6.45, 7) is 5.13. The largest absolute Gasteiger partial charge is 0.469 e. The van der Waals surface area contributed by atoms with Crippen LogP contribution in [0.15, 0.2) is 36.4 Å². The average molecular weight is 426 g/mol. The van der Waals surface area contributed by atoms with E-state index in [0.29, 0.717) is 11.1 Å². The molecule has 5 nitrogen and oxygen atoms in total. The topological polar surface area (TPSA) is 64.6 Å². The fourth-order valence-corrected chi connectivity index (χ4v) is 2.98. The van der Waals surface area contributed by atoms with Gasteiger partial charge in [-0.05, 0) is 44.0 Å². The lowest BCUT2D eigenvalue weighted by atomic mass is 9.97. The number of amides is 1. The Morgan fingerprint density at radius 3 is 2.45 bits per heavy atom. The minimum Gasteiger partial charge on any atom is -0.469 e. The number of alkyl carbamates (subject to hydrolysis) is 1. The van der Waals surface area contributed by atoms with E-state index in [1.165, 1.54) is 7.11 Å². The second kappa shape index (κ2) is 9.22. The zero-order valence-corrected chi connectivity index (χ0v) is 17.3. The van der Waals surface area contributed by atoms with Crippen LogP contribution in [0.4, 0.5) is 13.6 Å². The van der Waals surface area contributed by atoms with Gasteiger partial charge in [0.1, 0.15) is 17.2 Å². The molecule has 0 aromatic heterocycles. The van der Waals surface area contributed by atoms with Gasteiger partial charge in [-0.1, -0.05) is 29.8 Å². The number of carbonyl (C=O) groups is 2. The fraction of sp³-hybridized carbons (Fsp3) is 0.333. The summed E-state index contributed by atoms with van der Waals surface area (Å²) < 4.78 is 37.6. The lowest BCUT2D eigenvalue weighted by Crippen LogP contribution is -2.36. The van der Waals surface area contributed by atoms with Crippen LogP contribution in [0.5, 0.6) is 0 Å². The Labute approximate surface area is 173 Å². The maximum absolute atomic E-state index is 14.3. The van der Waals surface area contributed by atoms with Crippen LogP contribution in [0.25, 0.3) is 11.1 Å². The summed E-state index contributed by atoms with van der Waals surface area (Å²) in [5, 5.41) is 2.53. The number of benzene rings is 2. The third kappa shape index (κ3) is 6.42. The molecule has 156 valence electrons. The molecule has 29 heavy (non-hydrogen) atoms. The van der Waals surface area contributed by atoms with E-state index in [2.05, 4.69) is 5.32 Å². The summed E-state index contributed by atoms with van der Waals surface area (Å²) in [5.41, 5.74) is 0.153. The first-order valence-corrected chi connectivity index (χ1v) is 9.19. The normalized spacial score (nSPS) is 12.2. The van der Waals surface area contributed by atoms with E-state index >= 15 is 0 Å². The Morgan fingerprint density at radius 1 is 1.17 bits per heavy atom. The van der Waals surface area contributed by atoms with Crippen LogP contribution in [-0.2, 0) is 14.3 Å². The highest BCUT2D eigenvalue weighted by atomic mass is 35.5. The van der Waals surface area contributed by atoms with Gasteiger partial charge in [-0.3, -0.25) is 4.79 Å². The minimum atomic E-state index is -0.822. The van der Waals surface area contributed by atoms with Crippen molar-refractivity contribution in [3.8, 4) is 11.1 Å². The molecule has 1 N–H and O–H groups in total. The van der Waals surface area contributed by atoms with Crippen LogP contribution in [0.1, 0.15) is 38.8 Å². The molecule has 0 aliphatic carbocycles. The molecule has 0 radical (unpaired) electrons. The zero-order chi connectivity index (χ0) is 21.8. The first-order valence-electron chi connectivity index (χ1n) is 8.81. The lowest BCUT2D eigenvalue weighted by molar-refractivity contribution is -0.141. The van der Waals surface area contributed by atoms with Crippen molar-refractivity contribution >= 4 is 23.7 Å². The molecule has 0 fully saturated rings. The number of ether oxygens (including phenoxy) is 2. The molecular weight excluding hydrogens is 404 g/mol. The van der Waals surface area contributed by atoms with Crippen molar-refractivity contribution in [2.45, 2.75) is 38.8 Å². The minimum absolute atomic E-state index is 0.0176. The monoisotopic (exact) mass is 425 g/mol. The molecule has 0 saturated heterocycles. The number of nitrogens with one attached hydrogen (secondary N) is 1. The maximum atomic E-state index is 14.3. The Balaban J connectivity index is 2.40. The van der Waals surface area contributed by atoms with E-state index in [1.54, 1.807) is 45.0 Å². The predicted molar refractivity (Wildman–Crippen MR) is 106 cm³/mol. The van der Waals surface area contributed by atoms with E-state index in [1.807, 2.05) is 0 Å². The van der Waals surface area contributed by atoms with Crippen LogP contribution < -0.4 is 5.32 Å². The Bertz CT molecular complexity index is 889. The Kier molecular flexibility index (Phi) is 7.19. The summed E-state index contributed by atoms with van der Waals surface area (Å²) in [6, 6.07) is 7.38. The van der Waals surface area contributed by atoms with Gasteiger partial charge in [0.15, 0.2) is 0 Å². The van der Waals surface area contributed by atoms with Gasteiger partial charge in [0.2, 0.25) is 0 Å². The summed E-state index contributed by atoms with van der Waals surface area (Å²) in [4.78, 5) is 24.0. The first-order chi connectivity index (χ1) is 13.5. The number of carbonyl (C=O) groups excluding carboxylic acids is 2. The molecule has 0 heterocycles. The van der Waals surface area contributed by atoms with Crippen LogP contribution >= 0.6 is 11.6 Å². The number of methoxy groups -OCH3 is 1. The molecule has 2 rings (SSSR count). The third-order valence-corrected chi connectivity index (χ3v) is 4.17. The highest BCUT2D eigenvalue weighted by Crippen LogP contribution is 2.33. The molecule has 1 atom stereocenters. The van der Waals surface area contributed by atoms with Crippen molar-refractivity contribution in [1.82, 2.24) is 5.32 Å². The van der Waals surface area contributed by atoms with Gasteiger partial charge in [0, 0.05) is 11.6 Å². The van der Waals surface area contributed by atoms with Crippen molar-refractivity contribution in [3.63, 3.8) is 0 Å². The predicted octanol–water partition coefficient (Wildman–Crippen LogP) is 5.41. The summed E-state index contributed by atoms with van der Waals surface area (Å²) >= 11 is 6.02. The third-order valence-electron chi connectivity index (χ3n) is 3.87. The number of hydrogen-bond acceptors (Lipinski definition) is 4. The van der Waals surface area contributed by atoms with E-state index in [-0.39, 0.29) is 17.0 Å². The molecule has 0 aliphatic heterocycles. The molecule has 0 aliphatic rings. The number of halogens is 3. The Morgan fingerprint density at radius 2 is 1.86 bits per heavy atom. The van der Waals surface area contributed by atoms with Crippen LogP contribution in [0, 0.1) is 11.6 Å². The molecular formula is C21H22ClF2NO4. The average Bonchev–Trinajstić information content (AvgIpc) is 2.58. The fourth-order valence-electron chi connectivity index (χ4n) is 2.68. The lowest BCUT2D eigenvalue weighted by Gasteiger charge is -2.24. The Hall–Kier alpha value is -2.67. The van der Waals surface area contributed by atoms with Crippen molar-refractivity contribution in [3.05, 3.63) is 58.6 Å². The van der Waals surface area contributed by atoms with Gasteiger partial charge < -0.3 is 14.8 Å². The van der Waals surface area contributed by atoms with E-state index in [9.17, 15) is 18.4 Å². The van der Waals surface area contributed by atoms with Gasteiger partial charge >= 0.3 is 12.1 Å².